The highest BCUT2D eigenvalue weighted by atomic mass is 16.3. The first kappa shape index (κ1) is 122. The SMILES string of the molecule is CC(C)CCCC(C)C1CCC2C3CCC4=CC(O)CCC4(C)C3CCC12C.CC(C)CCCC(C)CCCC(C)CCCC(C)CCO.CCCCC/C=C\C/C=C\CCCCCCCCO.CCCCCCCC/C=C\CCCCCCCCO.CCCCCCCCCCCCCCCCCCO.CCCCCCCCCCCCCCO. The summed E-state index contributed by atoms with van der Waals surface area (Å²) in [5, 5.41) is 53.7. The van der Waals surface area contributed by atoms with Crippen LogP contribution in [-0.4, -0.2) is 69.8 Å². The van der Waals surface area contributed by atoms with Crippen LogP contribution in [0.4, 0.5) is 0 Å². The molecular weight excluding hydrogens is 1480 g/mol. The van der Waals surface area contributed by atoms with Crippen molar-refractivity contribution in [2.45, 2.75) is 585 Å². The van der Waals surface area contributed by atoms with Gasteiger partial charge in [0.05, 0.1) is 6.10 Å². The number of unbranched alkanes of at least 4 members (excludes halogenated alkanes) is 47. The highest BCUT2D eigenvalue weighted by molar-refractivity contribution is 5.25. The quantitative estimate of drug-likeness (QED) is 0.0267. The summed E-state index contributed by atoms with van der Waals surface area (Å²) in [5.74, 6) is 8.89. The van der Waals surface area contributed by atoms with Gasteiger partial charge in [-0.3, -0.25) is 0 Å². The van der Waals surface area contributed by atoms with Crippen LogP contribution in [-0.2, 0) is 0 Å². The Morgan fingerprint density at radius 2 is 0.595 bits per heavy atom. The Kier molecular flexibility index (Phi) is 92.6. The summed E-state index contributed by atoms with van der Waals surface area (Å²) >= 11 is 0. The van der Waals surface area contributed by atoms with E-state index in [1.807, 2.05) is 0 Å². The Morgan fingerprint density at radius 3 is 0.934 bits per heavy atom. The predicted molar refractivity (Wildman–Crippen MR) is 542 cm³/mol. The van der Waals surface area contributed by atoms with Gasteiger partial charge in [0.1, 0.15) is 0 Å². The van der Waals surface area contributed by atoms with E-state index in [1.54, 1.807) is 5.57 Å². The maximum Gasteiger partial charge on any atom is 0.0724 e. The molecular formula is C115H226O6. The molecule has 0 aliphatic heterocycles. The lowest BCUT2D eigenvalue weighted by molar-refractivity contribution is -0.0626. The van der Waals surface area contributed by atoms with Crippen LogP contribution in [0.2, 0.25) is 0 Å². The molecule has 11 atom stereocenters. The Hall–Kier alpha value is -1.28. The Balaban J connectivity index is 0. The minimum Gasteiger partial charge on any atom is -0.396 e. The molecule has 0 radical (unpaired) electrons. The van der Waals surface area contributed by atoms with Gasteiger partial charge in [0, 0.05) is 33.0 Å². The molecule has 6 nitrogen and oxygen atoms in total. The molecule has 11 unspecified atom stereocenters. The summed E-state index contributed by atoms with van der Waals surface area (Å²) in [7, 11) is 0. The van der Waals surface area contributed by atoms with Crippen molar-refractivity contribution in [3.63, 3.8) is 0 Å². The fourth-order valence-corrected chi connectivity index (χ4v) is 21.0. The van der Waals surface area contributed by atoms with Gasteiger partial charge >= 0.3 is 0 Å². The average molecular weight is 1710 g/mol. The highest BCUT2D eigenvalue weighted by Crippen LogP contribution is 2.68. The van der Waals surface area contributed by atoms with Gasteiger partial charge in [-0.25, -0.2) is 0 Å². The summed E-state index contributed by atoms with van der Waals surface area (Å²) in [6, 6.07) is 0. The standard InChI is InChI=1S/C27H46O.C20H42O.C18H38O.C18H36O.C18H34O.C14H30O/c1-18(2)7-6-8-19(3)23-11-12-24-22-10-9-20-17-21(28)13-15-26(20,4)25(22)14-16-27(23,24)5;1-17(2)9-6-10-18(3)11-7-12-19(4)13-8-14-20(5)15-16-21;3*1-2-3-4-5-6-7-8-9-10-11-12-13-14-15-16-17-18-19;1-2-3-4-5-6-7-8-9-10-11-12-13-14-15/h17-19,21-25,28H,6-16H2,1-5H3;17-21H,6-16H2,1-5H3;19H,2-18H2,1H3;9-10,19H,2-8,11-18H2,1H3;6-7,9-10,19H,2-5,8,11-18H2,1H3;15H,2-14H2,1H3/b;;;10-9-;7-6-,10-9-;. The van der Waals surface area contributed by atoms with Crippen molar-refractivity contribution in [2.75, 3.05) is 33.0 Å². The van der Waals surface area contributed by atoms with Gasteiger partial charge in [0.15, 0.2) is 0 Å². The number of aliphatic hydroxyl groups excluding tert-OH is 6. The van der Waals surface area contributed by atoms with Crippen LogP contribution in [0.1, 0.15) is 578 Å². The molecule has 6 N–H and O–H groups in total. The monoisotopic (exact) mass is 1700 g/mol. The third-order valence-electron chi connectivity index (χ3n) is 29.2. The second-order valence-corrected chi connectivity index (χ2v) is 41.8. The van der Waals surface area contributed by atoms with Gasteiger partial charge in [-0.2, -0.15) is 0 Å². The smallest absolute Gasteiger partial charge is 0.0724 e. The molecule has 0 bridgehead atoms. The van der Waals surface area contributed by atoms with E-state index in [1.165, 1.54) is 437 Å². The third kappa shape index (κ3) is 74.1. The second kappa shape index (κ2) is 92.0. The zero-order chi connectivity index (χ0) is 89.4. The van der Waals surface area contributed by atoms with Crippen LogP contribution in [0.5, 0.6) is 0 Å². The Bertz CT molecular complexity index is 2120. The average Bonchev–Trinajstić information content (AvgIpc) is 1.64. The summed E-state index contributed by atoms with van der Waals surface area (Å²) in [5.41, 5.74) is 2.61. The summed E-state index contributed by atoms with van der Waals surface area (Å²) in [6.45, 7) is 35.2. The third-order valence-corrected chi connectivity index (χ3v) is 29.2. The van der Waals surface area contributed by atoms with Crippen LogP contribution >= 0.6 is 0 Å². The fraction of sp³-hybridized carbons (Fsp3) is 0.930. The van der Waals surface area contributed by atoms with Crippen molar-refractivity contribution in [1.29, 1.82) is 0 Å². The van der Waals surface area contributed by atoms with E-state index in [0.29, 0.717) is 49.8 Å². The number of allylic oxidation sites excluding steroid dienone is 7. The topological polar surface area (TPSA) is 121 Å². The second-order valence-electron chi connectivity index (χ2n) is 41.8. The molecule has 0 heterocycles. The molecule has 0 aromatic heterocycles. The first-order valence-electron chi connectivity index (χ1n) is 55.3. The van der Waals surface area contributed by atoms with Crippen LogP contribution in [0.3, 0.4) is 0 Å². The van der Waals surface area contributed by atoms with Crippen LogP contribution < -0.4 is 0 Å². The maximum atomic E-state index is 10.2. The van der Waals surface area contributed by atoms with Gasteiger partial charge in [-0.15, -0.1) is 0 Å². The number of rotatable bonds is 76. The van der Waals surface area contributed by atoms with Crippen LogP contribution in [0, 0.1) is 70.0 Å². The molecule has 722 valence electrons. The first-order valence-corrected chi connectivity index (χ1v) is 55.3. The van der Waals surface area contributed by atoms with E-state index in [2.05, 4.69) is 139 Å². The van der Waals surface area contributed by atoms with E-state index >= 15 is 0 Å². The van der Waals surface area contributed by atoms with E-state index < -0.39 is 0 Å². The van der Waals surface area contributed by atoms with Crippen molar-refractivity contribution in [2.24, 2.45) is 70.0 Å². The highest BCUT2D eigenvalue weighted by Gasteiger charge is 2.59. The van der Waals surface area contributed by atoms with E-state index in [9.17, 15) is 5.11 Å². The lowest BCUT2D eigenvalue weighted by Crippen LogP contribution is -2.51. The minimum absolute atomic E-state index is 0.170. The molecule has 4 aliphatic rings. The van der Waals surface area contributed by atoms with Gasteiger partial charge in [-0.05, 0) is 211 Å². The van der Waals surface area contributed by atoms with Crippen molar-refractivity contribution < 1.29 is 30.6 Å². The number of hydrogen-bond donors (Lipinski definition) is 6. The molecule has 4 rings (SSSR count). The lowest BCUT2D eigenvalue weighted by Gasteiger charge is -2.59. The molecule has 0 amide bonds. The van der Waals surface area contributed by atoms with Crippen molar-refractivity contribution in [3.05, 3.63) is 48.1 Å². The molecule has 0 aromatic carbocycles. The van der Waals surface area contributed by atoms with Crippen molar-refractivity contribution >= 4 is 0 Å². The van der Waals surface area contributed by atoms with Gasteiger partial charge < -0.3 is 30.6 Å². The van der Waals surface area contributed by atoms with Crippen molar-refractivity contribution in [1.82, 2.24) is 0 Å². The zero-order valence-corrected chi connectivity index (χ0v) is 85.1. The lowest BCUT2D eigenvalue weighted by atomic mass is 9.46. The van der Waals surface area contributed by atoms with Crippen molar-refractivity contribution in [3.8, 4) is 0 Å². The molecule has 121 heavy (non-hydrogen) atoms. The van der Waals surface area contributed by atoms with E-state index in [-0.39, 0.29) is 6.10 Å². The largest absolute Gasteiger partial charge is 0.396 e. The fourth-order valence-electron chi connectivity index (χ4n) is 21.0. The van der Waals surface area contributed by atoms with Crippen LogP contribution in [0.25, 0.3) is 0 Å². The zero-order valence-electron chi connectivity index (χ0n) is 85.1. The Morgan fingerprint density at radius 1 is 0.298 bits per heavy atom. The number of hydrogen-bond acceptors (Lipinski definition) is 6. The van der Waals surface area contributed by atoms with E-state index in [0.717, 1.165) is 98.2 Å². The molecule has 0 saturated heterocycles. The van der Waals surface area contributed by atoms with Gasteiger partial charge in [-0.1, -0.05) is 485 Å². The molecule has 4 aliphatic carbocycles. The molecule has 3 saturated carbocycles. The minimum atomic E-state index is -0.170. The predicted octanol–water partition coefficient (Wildman–Crippen LogP) is 36.6. The number of aliphatic hydroxyl groups is 6. The van der Waals surface area contributed by atoms with Gasteiger partial charge in [0.2, 0.25) is 0 Å². The molecule has 0 spiro atoms. The normalized spacial score (nSPS) is 20.3. The summed E-state index contributed by atoms with van der Waals surface area (Å²) < 4.78 is 0. The maximum absolute atomic E-state index is 10.2. The van der Waals surface area contributed by atoms with Gasteiger partial charge in [0.25, 0.3) is 0 Å². The molecule has 3 fully saturated rings. The molecule has 0 aromatic rings. The van der Waals surface area contributed by atoms with Crippen LogP contribution in [0.15, 0.2) is 48.1 Å². The Labute approximate surface area is 761 Å². The first-order chi connectivity index (χ1) is 58.9. The molecule has 6 heteroatoms. The summed E-state index contributed by atoms with van der Waals surface area (Å²) in [6.07, 6.45) is 116. The number of fused-ring (bicyclic) bond motifs is 5. The summed E-state index contributed by atoms with van der Waals surface area (Å²) in [4.78, 5) is 0. The van der Waals surface area contributed by atoms with E-state index in [4.69, 9.17) is 25.5 Å².